The summed E-state index contributed by atoms with van der Waals surface area (Å²) in [6.07, 6.45) is 1.14. The predicted molar refractivity (Wildman–Crippen MR) is 72.2 cm³/mol. The normalized spacial score (nSPS) is 11.0. The van der Waals surface area contributed by atoms with Gasteiger partial charge < -0.3 is 16.0 Å². The molecule has 1 rings (SSSR count). The highest BCUT2D eigenvalue weighted by Gasteiger charge is 2.11. The zero-order chi connectivity index (χ0) is 13.8. The summed E-state index contributed by atoms with van der Waals surface area (Å²) in [6.45, 7) is 0.146. The van der Waals surface area contributed by atoms with Crippen LogP contribution in [-0.2, 0) is 9.84 Å². The maximum atomic E-state index is 11.7. The number of carbonyl (C=O) groups is 1. The van der Waals surface area contributed by atoms with Crippen LogP contribution in [0.2, 0.25) is 0 Å². The van der Waals surface area contributed by atoms with Gasteiger partial charge >= 0.3 is 6.03 Å². The molecule has 0 fully saturated rings. The Morgan fingerprint density at radius 2 is 2.11 bits per heavy atom. The van der Waals surface area contributed by atoms with Gasteiger partial charge in [-0.25, -0.2) is 13.2 Å². The molecule has 0 radical (unpaired) electrons. The van der Waals surface area contributed by atoms with E-state index in [4.69, 9.17) is 5.73 Å². The molecular weight excluding hydrogens is 254 g/mol. The maximum Gasteiger partial charge on any atom is 0.321 e. The molecule has 1 aromatic carbocycles. The minimum Gasteiger partial charge on any atom is -0.399 e. The monoisotopic (exact) mass is 271 g/mol. The lowest BCUT2D eigenvalue weighted by Gasteiger charge is -2.17. The molecular formula is C11H17N3O3S. The number of rotatable bonds is 4. The molecule has 7 heteroatoms. The molecule has 3 N–H and O–H groups in total. The first-order valence-electron chi connectivity index (χ1n) is 5.33. The first-order chi connectivity index (χ1) is 8.28. The van der Waals surface area contributed by atoms with E-state index in [1.165, 1.54) is 11.9 Å². The zero-order valence-corrected chi connectivity index (χ0v) is 11.2. The zero-order valence-electron chi connectivity index (χ0n) is 10.4. The smallest absolute Gasteiger partial charge is 0.321 e. The lowest BCUT2D eigenvalue weighted by atomic mass is 10.3. The van der Waals surface area contributed by atoms with Crippen LogP contribution in [0.15, 0.2) is 24.3 Å². The average Bonchev–Trinajstić information content (AvgIpc) is 2.24. The summed E-state index contributed by atoms with van der Waals surface area (Å²) >= 11 is 0. The Hall–Kier alpha value is -1.76. The minimum absolute atomic E-state index is 0.0617. The van der Waals surface area contributed by atoms with E-state index in [2.05, 4.69) is 5.32 Å². The van der Waals surface area contributed by atoms with E-state index in [0.29, 0.717) is 11.4 Å². The van der Waals surface area contributed by atoms with E-state index in [9.17, 15) is 13.2 Å². The summed E-state index contributed by atoms with van der Waals surface area (Å²) in [5.74, 6) is -0.0617. The average molecular weight is 271 g/mol. The number of carbonyl (C=O) groups excluding carboxylic acids is 1. The van der Waals surface area contributed by atoms with Crippen LogP contribution in [0, 0.1) is 0 Å². The number of hydrogen-bond donors (Lipinski definition) is 2. The molecule has 0 heterocycles. The van der Waals surface area contributed by atoms with Gasteiger partial charge in [0.05, 0.1) is 5.75 Å². The second-order valence-corrected chi connectivity index (χ2v) is 6.37. The number of urea groups is 1. The molecule has 0 unspecified atom stereocenters. The van der Waals surface area contributed by atoms with Crippen LogP contribution >= 0.6 is 0 Å². The lowest BCUT2D eigenvalue weighted by molar-refractivity contribution is 0.225. The number of nitrogens with two attached hydrogens (primary N) is 1. The molecule has 0 spiro atoms. The maximum absolute atomic E-state index is 11.7. The van der Waals surface area contributed by atoms with Crippen LogP contribution in [0.1, 0.15) is 0 Å². The number of sulfone groups is 1. The molecule has 0 aliphatic rings. The number of hydrogen-bond acceptors (Lipinski definition) is 4. The van der Waals surface area contributed by atoms with E-state index >= 15 is 0 Å². The van der Waals surface area contributed by atoms with Gasteiger partial charge in [0.1, 0.15) is 9.84 Å². The van der Waals surface area contributed by atoms with Gasteiger partial charge in [-0.05, 0) is 18.2 Å². The summed E-state index contributed by atoms with van der Waals surface area (Å²) < 4.78 is 22.0. The second-order valence-electron chi connectivity index (χ2n) is 4.11. The summed E-state index contributed by atoms with van der Waals surface area (Å²) in [5.41, 5.74) is 6.70. The van der Waals surface area contributed by atoms with E-state index in [1.807, 2.05) is 0 Å². The fraction of sp³-hybridized carbons (Fsp3) is 0.364. The molecule has 2 amide bonds. The standard InChI is InChI=1S/C11H17N3O3S/c1-14(6-7-18(2,16)17)11(15)13-10-5-3-4-9(12)8-10/h3-5,8H,6-7,12H2,1-2H3,(H,13,15). The fourth-order valence-corrected chi connectivity index (χ4v) is 1.85. The van der Waals surface area contributed by atoms with Crippen molar-refractivity contribution in [3.05, 3.63) is 24.3 Å². The Morgan fingerprint density at radius 1 is 1.44 bits per heavy atom. The Balaban J connectivity index is 2.55. The molecule has 6 nitrogen and oxygen atoms in total. The third kappa shape index (κ3) is 5.05. The van der Waals surface area contributed by atoms with Gasteiger partial charge in [0, 0.05) is 31.2 Å². The van der Waals surface area contributed by atoms with Gasteiger partial charge in [-0.3, -0.25) is 0 Å². The third-order valence-corrected chi connectivity index (χ3v) is 3.21. The SMILES string of the molecule is CN(CCS(C)(=O)=O)C(=O)Nc1cccc(N)c1. The number of nitrogens with zero attached hydrogens (tertiary/aromatic N) is 1. The van der Waals surface area contributed by atoms with Crippen molar-refractivity contribution in [2.45, 2.75) is 0 Å². The Kier molecular flexibility index (Phi) is 4.55. The molecule has 0 aliphatic carbocycles. The molecule has 1 aromatic rings. The Labute approximate surface area is 107 Å². The van der Waals surface area contributed by atoms with Crippen LogP contribution in [0.3, 0.4) is 0 Å². The highest BCUT2D eigenvalue weighted by Crippen LogP contribution is 2.12. The van der Waals surface area contributed by atoms with Crippen LogP contribution in [-0.4, -0.2) is 44.9 Å². The van der Waals surface area contributed by atoms with Gasteiger partial charge in [0.2, 0.25) is 0 Å². The van der Waals surface area contributed by atoms with Crippen LogP contribution in [0.25, 0.3) is 0 Å². The lowest BCUT2D eigenvalue weighted by Crippen LogP contribution is -2.34. The molecule has 0 aliphatic heterocycles. The highest BCUT2D eigenvalue weighted by molar-refractivity contribution is 7.90. The van der Waals surface area contributed by atoms with Crippen molar-refractivity contribution in [2.75, 3.05) is 36.7 Å². The van der Waals surface area contributed by atoms with Crippen molar-refractivity contribution in [1.82, 2.24) is 4.90 Å². The van der Waals surface area contributed by atoms with E-state index in [0.717, 1.165) is 6.26 Å². The first-order valence-corrected chi connectivity index (χ1v) is 7.39. The van der Waals surface area contributed by atoms with Crippen LogP contribution in [0.4, 0.5) is 16.2 Å². The van der Waals surface area contributed by atoms with Crippen molar-refractivity contribution >= 4 is 27.2 Å². The second kappa shape index (κ2) is 5.72. The molecule has 0 saturated heterocycles. The van der Waals surface area contributed by atoms with Crippen molar-refractivity contribution in [2.24, 2.45) is 0 Å². The third-order valence-electron chi connectivity index (χ3n) is 2.28. The van der Waals surface area contributed by atoms with Crippen molar-refractivity contribution in [1.29, 1.82) is 0 Å². The van der Waals surface area contributed by atoms with Gasteiger partial charge in [-0.15, -0.1) is 0 Å². The van der Waals surface area contributed by atoms with Gasteiger partial charge in [0.15, 0.2) is 0 Å². The predicted octanol–water partition coefficient (Wildman–Crippen LogP) is 0.777. The van der Waals surface area contributed by atoms with Gasteiger partial charge in [0.25, 0.3) is 0 Å². The molecule has 18 heavy (non-hydrogen) atoms. The number of nitrogen functional groups attached to an aromatic ring is 1. The highest BCUT2D eigenvalue weighted by atomic mass is 32.2. The summed E-state index contributed by atoms with van der Waals surface area (Å²) in [5, 5.41) is 2.63. The van der Waals surface area contributed by atoms with E-state index in [-0.39, 0.29) is 18.3 Å². The van der Waals surface area contributed by atoms with Crippen LogP contribution < -0.4 is 11.1 Å². The fourth-order valence-electron chi connectivity index (χ4n) is 1.24. The molecule has 100 valence electrons. The minimum atomic E-state index is -3.07. The van der Waals surface area contributed by atoms with Crippen LogP contribution in [0.5, 0.6) is 0 Å². The van der Waals surface area contributed by atoms with Crippen molar-refractivity contribution < 1.29 is 13.2 Å². The number of anilines is 2. The van der Waals surface area contributed by atoms with E-state index in [1.54, 1.807) is 24.3 Å². The molecule has 0 bridgehead atoms. The number of nitrogens with one attached hydrogen (secondary N) is 1. The number of benzene rings is 1. The topological polar surface area (TPSA) is 92.5 Å². The largest absolute Gasteiger partial charge is 0.399 e. The van der Waals surface area contributed by atoms with Crippen molar-refractivity contribution in [3.63, 3.8) is 0 Å². The summed E-state index contributed by atoms with van der Waals surface area (Å²) in [4.78, 5) is 13.0. The van der Waals surface area contributed by atoms with Gasteiger partial charge in [-0.2, -0.15) is 0 Å². The van der Waals surface area contributed by atoms with Gasteiger partial charge in [-0.1, -0.05) is 6.07 Å². The first kappa shape index (κ1) is 14.3. The molecule has 0 atom stereocenters. The number of amides is 2. The Morgan fingerprint density at radius 3 is 2.67 bits per heavy atom. The van der Waals surface area contributed by atoms with E-state index < -0.39 is 9.84 Å². The quantitative estimate of drug-likeness (QED) is 0.791. The molecule has 0 aromatic heterocycles. The summed E-state index contributed by atoms with van der Waals surface area (Å²) in [7, 11) is -1.54. The van der Waals surface area contributed by atoms with Crippen molar-refractivity contribution in [3.8, 4) is 0 Å². The summed E-state index contributed by atoms with van der Waals surface area (Å²) in [6, 6.07) is 6.40. The molecule has 0 saturated carbocycles. The Bertz CT molecular complexity index is 528.